The first-order valence-corrected chi connectivity index (χ1v) is 5.78. The predicted octanol–water partition coefficient (Wildman–Crippen LogP) is 2.09. The van der Waals surface area contributed by atoms with Gasteiger partial charge in [-0.15, -0.1) is 0 Å². The Labute approximate surface area is 96.2 Å². The third kappa shape index (κ3) is 2.11. The van der Waals surface area contributed by atoms with Gasteiger partial charge in [0.25, 0.3) is 0 Å². The molecule has 2 atom stereocenters. The van der Waals surface area contributed by atoms with Gasteiger partial charge in [-0.2, -0.15) is 0 Å². The van der Waals surface area contributed by atoms with Crippen molar-refractivity contribution < 1.29 is 4.39 Å². The van der Waals surface area contributed by atoms with Crippen molar-refractivity contribution in [2.24, 2.45) is 11.7 Å². The summed E-state index contributed by atoms with van der Waals surface area (Å²) in [6, 6.07) is 5.52. The summed E-state index contributed by atoms with van der Waals surface area (Å²) in [4.78, 5) is 2.20. The van der Waals surface area contributed by atoms with Gasteiger partial charge in [0.1, 0.15) is 5.82 Å². The number of benzene rings is 1. The summed E-state index contributed by atoms with van der Waals surface area (Å²) in [5, 5.41) is 0. The average Bonchev–Trinajstić information content (AvgIpc) is 2.63. The Hall–Kier alpha value is -0.930. The highest BCUT2D eigenvalue weighted by Crippen LogP contribution is 2.35. The van der Waals surface area contributed by atoms with Gasteiger partial charge in [-0.1, -0.05) is 17.7 Å². The van der Waals surface area contributed by atoms with Crippen LogP contribution in [0, 0.1) is 18.7 Å². The Bertz CT molecular complexity index is 378. The van der Waals surface area contributed by atoms with E-state index in [4.69, 9.17) is 5.73 Å². The maximum atomic E-state index is 13.8. The molecule has 0 amide bonds. The molecule has 1 aromatic carbocycles. The lowest BCUT2D eigenvalue weighted by atomic mass is 9.98. The first kappa shape index (κ1) is 11.6. The van der Waals surface area contributed by atoms with Gasteiger partial charge in [-0.05, 0) is 38.9 Å². The molecular formula is C13H19FN2. The van der Waals surface area contributed by atoms with E-state index >= 15 is 0 Å². The van der Waals surface area contributed by atoms with E-state index in [9.17, 15) is 4.39 Å². The van der Waals surface area contributed by atoms with Gasteiger partial charge >= 0.3 is 0 Å². The molecule has 1 aliphatic heterocycles. The van der Waals surface area contributed by atoms with E-state index in [-0.39, 0.29) is 11.9 Å². The number of aryl methyl sites for hydroxylation is 1. The molecule has 1 saturated heterocycles. The first-order chi connectivity index (χ1) is 7.61. The van der Waals surface area contributed by atoms with Gasteiger partial charge < -0.3 is 5.73 Å². The van der Waals surface area contributed by atoms with Gasteiger partial charge in [0.2, 0.25) is 0 Å². The van der Waals surface area contributed by atoms with Crippen molar-refractivity contribution in [2.75, 3.05) is 20.1 Å². The van der Waals surface area contributed by atoms with Crippen LogP contribution in [0.1, 0.15) is 23.6 Å². The summed E-state index contributed by atoms with van der Waals surface area (Å²) in [6.07, 6.45) is 0.966. The van der Waals surface area contributed by atoms with Gasteiger partial charge in [0.05, 0.1) is 0 Å². The molecule has 1 aromatic rings. The molecule has 2 nitrogen and oxygen atoms in total. The lowest BCUT2D eigenvalue weighted by Crippen LogP contribution is -2.21. The first-order valence-electron chi connectivity index (χ1n) is 5.78. The number of rotatable bonds is 2. The van der Waals surface area contributed by atoms with Crippen molar-refractivity contribution in [1.82, 2.24) is 4.90 Å². The lowest BCUT2D eigenvalue weighted by Gasteiger charge is -2.20. The molecule has 0 radical (unpaired) electrons. The normalized spacial score (nSPS) is 26.2. The van der Waals surface area contributed by atoms with Crippen molar-refractivity contribution in [2.45, 2.75) is 19.4 Å². The van der Waals surface area contributed by atoms with E-state index < -0.39 is 0 Å². The lowest BCUT2D eigenvalue weighted by molar-refractivity contribution is 0.306. The molecule has 2 N–H and O–H groups in total. The van der Waals surface area contributed by atoms with Crippen LogP contribution >= 0.6 is 0 Å². The molecule has 88 valence electrons. The van der Waals surface area contributed by atoms with Gasteiger partial charge in [0.15, 0.2) is 0 Å². The number of nitrogens with two attached hydrogens (primary N) is 1. The molecule has 16 heavy (non-hydrogen) atoms. The molecule has 2 unspecified atom stereocenters. The predicted molar refractivity (Wildman–Crippen MR) is 63.7 cm³/mol. The van der Waals surface area contributed by atoms with E-state index in [0.29, 0.717) is 12.5 Å². The van der Waals surface area contributed by atoms with Crippen LogP contribution in [0.3, 0.4) is 0 Å². The van der Waals surface area contributed by atoms with E-state index in [1.165, 1.54) is 0 Å². The van der Waals surface area contributed by atoms with Gasteiger partial charge in [0, 0.05) is 18.2 Å². The SMILES string of the molecule is Cc1ccc(F)c(C2CC(CN)CN2C)c1. The number of hydrogen-bond acceptors (Lipinski definition) is 2. The fourth-order valence-electron chi connectivity index (χ4n) is 2.56. The summed E-state index contributed by atoms with van der Waals surface area (Å²) in [6.45, 7) is 3.65. The zero-order valence-electron chi connectivity index (χ0n) is 9.91. The fraction of sp³-hybridized carbons (Fsp3) is 0.538. The van der Waals surface area contributed by atoms with Crippen LogP contribution in [0.2, 0.25) is 0 Å². The van der Waals surface area contributed by atoms with E-state index in [1.54, 1.807) is 6.07 Å². The van der Waals surface area contributed by atoms with Gasteiger partial charge in [-0.25, -0.2) is 4.39 Å². The fourth-order valence-corrected chi connectivity index (χ4v) is 2.56. The highest BCUT2D eigenvalue weighted by Gasteiger charge is 2.31. The number of likely N-dealkylation sites (tertiary alicyclic amines) is 1. The molecule has 3 heteroatoms. The number of halogens is 1. The number of nitrogens with zero attached hydrogens (tertiary/aromatic N) is 1. The molecule has 1 aliphatic rings. The Morgan fingerprint density at radius 1 is 1.50 bits per heavy atom. The second-order valence-corrected chi connectivity index (χ2v) is 4.82. The van der Waals surface area contributed by atoms with E-state index in [1.807, 2.05) is 26.1 Å². The van der Waals surface area contributed by atoms with Crippen LogP contribution in [-0.4, -0.2) is 25.0 Å². The zero-order valence-corrected chi connectivity index (χ0v) is 9.91. The van der Waals surface area contributed by atoms with E-state index in [0.717, 1.165) is 24.1 Å². The maximum Gasteiger partial charge on any atom is 0.128 e. The van der Waals surface area contributed by atoms with Crippen LogP contribution in [0.15, 0.2) is 18.2 Å². The highest BCUT2D eigenvalue weighted by molar-refractivity contribution is 5.27. The topological polar surface area (TPSA) is 29.3 Å². The molecule has 0 bridgehead atoms. The third-order valence-electron chi connectivity index (χ3n) is 3.48. The quantitative estimate of drug-likeness (QED) is 0.830. The average molecular weight is 222 g/mol. The standard InChI is InChI=1S/C13H19FN2/c1-9-3-4-12(14)11(5-9)13-6-10(7-15)8-16(13)2/h3-5,10,13H,6-8,15H2,1-2H3. The van der Waals surface area contributed by atoms with Crippen LogP contribution in [-0.2, 0) is 0 Å². The Morgan fingerprint density at radius 3 is 2.88 bits per heavy atom. The minimum absolute atomic E-state index is 0.0971. The molecule has 1 heterocycles. The summed E-state index contributed by atoms with van der Waals surface area (Å²) >= 11 is 0. The van der Waals surface area contributed by atoms with Crippen LogP contribution in [0.25, 0.3) is 0 Å². The summed E-state index contributed by atoms with van der Waals surface area (Å²) in [5.41, 5.74) is 7.61. The Kier molecular flexibility index (Phi) is 3.26. The monoisotopic (exact) mass is 222 g/mol. The Morgan fingerprint density at radius 2 is 2.25 bits per heavy atom. The largest absolute Gasteiger partial charge is 0.330 e. The second kappa shape index (κ2) is 4.52. The third-order valence-corrected chi connectivity index (χ3v) is 3.48. The minimum Gasteiger partial charge on any atom is -0.330 e. The maximum absolute atomic E-state index is 13.8. The molecule has 0 aliphatic carbocycles. The summed E-state index contributed by atoms with van der Waals surface area (Å²) in [5.74, 6) is 0.398. The van der Waals surface area contributed by atoms with Crippen LogP contribution in [0.5, 0.6) is 0 Å². The molecular weight excluding hydrogens is 203 g/mol. The zero-order chi connectivity index (χ0) is 11.7. The van der Waals surface area contributed by atoms with Crippen LogP contribution < -0.4 is 5.73 Å². The van der Waals surface area contributed by atoms with Crippen molar-refractivity contribution in [3.8, 4) is 0 Å². The molecule has 0 spiro atoms. The molecule has 2 rings (SSSR count). The molecule has 1 fully saturated rings. The van der Waals surface area contributed by atoms with Crippen molar-refractivity contribution >= 4 is 0 Å². The van der Waals surface area contributed by atoms with Crippen molar-refractivity contribution in [1.29, 1.82) is 0 Å². The van der Waals surface area contributed by atoms with Crippen molar-refractivity contribution in [3.05, 3.63) is 35.1 Å². The Balaban J connectivity index is 2.27. The molecule has 0 aromatic heterocycles. The van der Waals surface area contributed by atoms with Gasteiger partial charge in [-0.3, -0.25) is 4.90 Å². The molecule has 0 saturated carbocycles. The van der Waals surface area contributed by atoms with Crippen molar-refractivity contribution in [3.63, 3.8) is 0 Å². The summed E-state index contributed by atoms with van der Waals surface area (Å²) in [7, 11) is 2.04. The summed E-state index contributed by atoms with van der Waals surface area (Å²) < 4.78 is 13.8. The minimum atomic E-state index is -0.0971. The second-order valence-electron chi connectivity index (χ2n) is 4.82. The highest BCUT2D eigenvalue weighted by atomic mass is 19.1. The smallest absolute Gasteiger partial charge is 0.128 e. The van der Waals surface area contributed by atoms with E-state index in [2.05, 4.69) is 4.90 Å². The number of hydrogen-bond donors (Lipinski definition) is 1. The van der Waals surface area contributed by atoms with Crippen LogP contribution in [0.4, 0.5) is 4.39 Å².